The zero-order valence-electron chi connectivity index (χ0n) is 16.3. The Bertz CT molecular complexity index is 889. The van der Waals surface area contributed by atoms with Gasteiger partial charge in [0.2, 0.25) is 0 Å². The number of anilines is 1. The van der Waals surface area contributed by atoms with Crippen LogP contribution in [0.25, 0.3) is 11.4 Å². The fraction of sp³-hybridized carbons (Fsp3) is 0.364. The summed E-state index contributed by atoms with van der Waals surface area (Å²) in [6, 6.07) is 18.8. The van der Waals surface area contributed by atoms with Gasteiger partial charge in [-0.15, -0.1) is 0 Å². The standard InChI is InChI=1S/C22H26N4O2/c1-27-14-11-21-23-22(26(24-21)17-18-7-3-2-4-8-18)19-9-5-6-10-20(19)25-12-15-28-16-13-25/h2-10H,11-17H2,1H3. The van der Waals surface area contributed by atoms with Crippen LogP contribution < -0.4 is 4.90 Å². The zero-order chi connectivity index (χ0) is 19.2. The number of para-hydroxylation sites is 1. The summed E-state index contributed by atoms with van der Waals surface area (Å²) in [7, 11) is 1.70. The lowest BCUT2D eigenvalue weighted by Crippen LogP contribution is -2.36. The van der Waals surface area contributed by atoms with E-state index < -0.39 is 0 Å². The summed E-state index contributed by atoms with van der Waals surface area (Å²) in [5.41, 5.74) is 3.50. The van der Waals surface area contributed by atoms with Gasteiger partial charge in [-0.05, 0) is 17.7 Å². The molecule has 28 heavy (non-hydrogen) atoms. The van der Waals surface area contributed by atoms with Gasteiger partial charge < -0.3 is 14.4 Å². The molecule has 4 rings (SSSR count). The highest BCUT2D eigenvalue weighted by atomic mass is 16.5. The van der Waals surface area contributed by atoms with Gasteiger partial charge in [-0.2, -0.15) is 5.10 Å². The Morgan fingerprint density at radius 1 is 1.00 bits per heavy atom. The van der Waals surface area contributed by atoms with Gasteiger partial charge in [0.25, 0.3) is 0 Å². The maximum absolute atomic E-state index is 5.53. The van der Waals surface area contributed by atoms with Gasteiger partial charge in [0.15, 0.2) is 11.6 Å². The summed E-state index contributed by atoms with van der Waals surface area (Å²) >= 11 is 0. The van der Waals surface area contributed by atoms with Crippen molar-refractivity contribution < 1.29 is 9.47 Å². The van der Waals surface area contributed by atoms with Crippen LogP contribution in [0, 0.1) is 0 Å². The van der Waals surface area contributed by atoms with Gasteiger partial charge in [-0.1, -0.05) is 42.5 Å². The van der Waals surface area contributed by atoms with Gasteiger partial charge in [-0.3, -0.25) is 0 Å². The summed E-state index contributed by atoms with van der Waals surface area (Å²) in [6.07, 6.45) is 0.699. The second-order valence-electron chi connectivity index (χ2n) is 6.85. The summed E-state index contributed by atoms with van der Waals surface area (Å²) in [6.45, 7) is 4.59. The SMILES string of the molecule is COCCc1nc(-c2ccccc2N2CCOCC2)n(Cc2ccccc2)n1. The Labute approximate surface area is 165 Å². The van der Waals surface area contributed by atoms with E-state index in [1.165, 1.54) is 11.3 Å². The molecule has 1 aliphatic heterocycles. The quantitative estimate of drug-likeness (QED) is 0.633. The molecule has 0 saturated carbocycles. The van der Waals surface area contributed by atoms with Crippen molar-refractivity contribution in [2.75, 3.05) is 44.9 Å². The molecule has 2 heterocycles. The first-order valence-corrected chi connectivity index (χ1v) is 9.74. The molecule has 1 saturated heterocycles. The Balaban J connectivity index is 1.72. The van der Waals surface area contributed by atoms with E-state index in [-0.39, 0.29) is 0 Å². The van der Waals surface area contributed by atoms with Crippen LogP contribution in [0.1, 0.15) is 11.4 Å². The largest absolute Gasteiger partial charge is 0.384 e. The molecule has 0 spiro atoms. The number of rotatable bonds is 7. The third-order valence-electron chi connectivity index (χ3n) is 4.92. The molecule has 0 radical (unpaired) electrons. The van der Waals surface area contributed by atoms with Gasteiger partial charge in [0, 0.05) is 37.9 Å². The average molecular weight is 378 g/mol. The molecule has 146 valence electrons. The molecule has 0 atom stereocenters. The highest BCUT2D eigenvalue weighted by Gasteiger charge is 2.20. The number of hydrogen-bond acceptors (Lipinski definition) is 5. The van der Waals surface area contributed by atoms with Crippen LogP contribution in [0.15, 0.2) is 54.6 Å². The van der Waals surface area contributed by atoms with E-state index in [0.717, 1.165) is 43.5 Å². The summed E-state index contributed by atoms with van der Waals surface area (Å²) in [4.78, 5) is 7.25. The molecule has 0 N–H and O–H groups in total. The fourth-order valence-corrected chi connectivity index (χ4v) is 3.50. The van der Waals surface area contributed by atoms with Crippen LogP contribution in [0.4, 0.5) is 5.69 Å². The van der Waals surface area contributed by atoms with E-state index in [1.807, 2.05) is 10.7 Å². The minimum absolute atomic E-state index is 0.611. The molecule has 0 unspecified atom stereocenters. The van der Waals surface area contributed by atoms with Gasteiger partial charge in [0.1, 0.15) is 0 Å². The number of nitrogens with zero attached hydrogens (tertiary/aromatic N) is 4. The minimum atomic E-state index is 0.611. The first kappa shape index (κ1) is 18.7. The van der Waals surface area contributed by atoms with Crippen molar-refractivity contribution in [1.29, 1.82) is 0 Å². The summed E-state index contributed by atoms with van der Waals surface area (Å²) < 4.78 is 12.8. The van der Waals surface area contributed by atoms with E-state index in [4.69, 9.17) is 19.6 Å². The number of ether oxygens (including phenoxy) is 2. The van der Waals surface area contributed by atoms with Crippen molar-refractivity contribution in [3.63, 3.8) is 0 Å². The van der Waals surface area contributed by atoms with Crippen molar-refractivity contribution in [1.82, 2.24) is 14.8 Å². The highest BCUT2D eigenvalue weighted by molar-refractivity contribution is 5.74. The van der Waals surface area contributed by atoms with E-state index in [9.17, 15) is 0 Å². The van der Waals surface area contributed by atoms with E-state index in [0.29, 0.717) is 19.6 Å². The molecule has 0 amide bonds. The Kier molecular flexibility index (Phi) is 5.99. The lowest BCUT2D eigenvalue weighted by molar-refractivity contribution is 0.123. The van der Waals surface area contributed by atoms with Crippen LogP contribution in [0.3, 0.4) is 0 Å². The van der Waals surface area contributed by atoms with Crippen molar-refractivity contribution in [2.45, 2.75) is 13.0 Å². The van der Waals surface area contributed by atoms with Gasteiger partial charge in [-0.25, -0.2) is 9.67 Å². The molecule has 2 aromatic carbocycles. The van der Waals surface area contributed by atoms with Crippen molar-refractivity contribution in [2.24, 2.45) is 0 Å². The van der Waals surface area contributed by atoms with Crippen molar-refractivity contribution >= 4 is 5.69 Å². The van der Waals surface area contributed by atoms with Crippen molar-refractivity contribution in [3.05, 3.63) is 66.0 Å². The molecule has 0 aliphatic carbocycles. The van der Waals surface area contributed by atoms with Crippen molar-refractivity contribution in [3.8, 4) is 11.4 Å². The van der Waals surface area contributed by atoms with Crippen LogP contribution >= 0.6 is 0 Å². The fourth-order valence-electron chi connectivity index (χ4n) is 3.50. The number of morpholine rings is 1. The van der Waals surface area contributed by atoms with Crippen LogP contribution in [-0.2, 0) is 22.4 Å². The lowest BCUT2D eigenvalue weighted by Gasteiger charge is -2.30. The lowest BCUT2D eigenvalue weighted by atomic mass is 10.1. The normalized spacial score (nSPS) is 14.4. The Morgan fingerprint density at radius 3 is 2.54 bits per heavy atom. The first-order valence-electron chi connectivity index (χ1n) is 9.74. The molecule has 0 bridgehead atoms. The average Bonchev–Trinajstić information content (AvgIpc) is 3.16. The molecule has 1 aliphatic rings. The number of aromatic nitrogens is 3. The second-order valence-corrected chi connectivity index (χ2v) is 6.85. The predicted molar refractivity (Wildman–Crippen MR) is 110 cm³/mol. The molecule has 6 heteroatoms. The van der Waals surface area contributed by atoms with Crippen LogP contribution in [0.5, 0.6) is 0 Å². The summed E-state index contributed by atoms with van der Waals surface area (Å²) in [5.74, 6) is 1.71. The van der Waals surface area contributed by atoms with E-state index in [1.54, 1.807) is 7.11 Å². The van der Waals surface area contributed by atoms with Gasteiger partial charge >= 0.3 is 0 Å². The molecule has 1 fully saturated rings. The summed E-state index contributed by atoms with van der Waals surface area (Å²) in [5, 5.41) is 4.79. The smallest absolute Gasteiger partial charge is 0.160 e. The highest BCUT2D eigenvalue weighted by Crippen LogP contribution is 2.30. The second kappa shape index (κ2) is 8.99. The Hall–Kier alpha value is -2.70. The number of benzene rings is 2. The molecular weight excluding hydrogens is 352 g/mol. The predicted octanol–water partition coefficient (Wildman–Crippen LogP) is 3.02. The van der Waals surface area contributed by atoms with Crippen LogP contribution in [-0.4, -0.2) is 54.8 Å². The topological polar surface area (TPSA) is 52.4 Å². The van der Waals surface area contributed by atoms with E-state index >= 15 is 0 Å². The van der Waals surface area contributed by atoms with E-state index in [2.05, 4.69) is 53.4 Å². The first-order chi connectivity index (χ1) is 13.8. The maximum Gasteiger partial charge on any atom is 0.160 e. The molecular formula is C22H26N4O2. The third kappa shape index (κ3) is 4.24. The van der Waals surface area contributed by atoms with Crippen LogP contribution in [0.2, 0.25) is 0 Å². The maximum atomic E-state index is 5.53. The molecule has 3 aromatic rings. The third-order valence-corrected chi connectivity index (χ3v) is 4.92. The monoisotopic (exact) mass is 378 g/mol. The number of hydrogen-bond donors (Lipinski definition) is 0. The minimum Gasteiger partial charge on any atom is -0.384 e. The molecule has 1 aromatic heterocycles. The molecule has 6 nitrogen and oxygen atoms in total. The Morgan fingerprint density at radius 2 is 1.75 bits per heavy atom. The zero-order valence-corrected chi connectivity index (χ0v) is 16.3. The van der Waals surface area contributed by atoms with Gasteiger partial charge in [0.05, 0.1) is 26.4 Å². The number of methoxy groups -OCH3 is 1.